The fourth-order valence-corrected chi connectivity index (χ4v) is 5.65. The number of sulfonamides is 1. The first kappa shape index (κ1) is 15.3. The Labute approximate surface area is 119 Å². The molecule has 2 rings (SSSR count). The molecule has 2 aliphatic rings. The van der Waals surface area contributed by atoms with Gasteiger partial charge in [0, 0.05) is 18.5 Å². The van der Waals surface area contributed by atoms with E-state index in [9.17, 15) is 13.2 Å². The highest BCUT2D eigenvalue weighted by Crippen LogP contribution is 2.42. The Hall–Kier alpha value is -1.13. The Morgan fingerprint density at radius 1 is 1.40 bits per heavy atom. The second-order valence-corrected chi connectivity index (χ2v) is 7.74. The molecule has 2 saturated heterocycles. The van der Waals surface area contributed by atoms with Gasteiger partial charge in [0.25, 0.3) is 0 Å². The van der Waals surface area contributed by atoms with Crippen LogP contribution in [-0.2, 0) is 14.8 Å². The molecule has 2 fully saturated rings. The highest BCUT2D eigenvalue weighted by molar-refractivity contribution is 7.90. The summed E-state index contributed by atoms with van der Waals surface area (Å²) in [4.78, 5) is 10.8. The zero-order valence-corrected chi connectivity index (χ0v) is 12.3. The van der Waals surface area contributed by atoms with Crippen LogP contribution in [0.15, 0.2) is 0 Å². The van der Waals surface area contributed by atoms with Crippen molar-refractivity contribution >= 4 is 16.0 Å². The van der Waals surface area contributed by atoms with Crippen LogP contribution in [0, 0.1) is 17.2 Å². The van der Waals surface area contributed by atoms with E-state index in [1.54, 1.807) is 6.92 Å². The van der Waals surface area contributed by atoms with Crippen molar-refractivity contribution in [1.29, 1.82) is 5.26 Å². The lowest BCUT2D eigenvalue weighted by molar-refractivity contribution is -0.138. The number of piperidine rings is 1. The second-order valence-electron chi connectivity index (χ2n) is 5.72. The first-order valence-electron chi connectivity index (χ1n) is 7.03. The number of nitrogens with zero attached hydrogens (tertiary/aromatic N) is 2. The molecule has 3 unspecified atom stereocenters. The molecule has 0 aromatic heterocycles. The molecule has 1 N–H and O–H groups in total. The molecule has 0 aromatic rings. The van der Waals surface area contributed by atoms with Crippen LogP contribution < -0.4 is 0 Å². The minimum Gasteiger partial charge on any atom is -0.481 e. The molecule has 2 aliphatic heterocycles. The van der Waals surface area contributed by atoms with E-state index in [4.69, 9.17) is 10.4 Å². The SMILES string of the molecule is CCC(C#N)S(=O)(=O)N1C2CCC1CC(CC(=O)O)C2. The first-order valence-corrected chi connectivity index (χ1v) is 8.54. The van der Waals surface area contributed by atoms with Gasteiger partial charge in [-0.1, -0.05) is 6.92 Å². The van der Waals surface area contributed by atoms with Crippen molar-refractivity contribution in [3.05, 3.63) is 0 Å². The molecule has 0 radical (unpaired) electrons. The van der Waals surface area contributed by atoms with E-state index in [1.807, 2.05) is 6.07 Å². The fraction of sp³-hybridized carbons (Fsp3) is 0.846. The lowest BCUT2D eigenvalue weighted by Crippen LogP contribution is -2.49. The molecule has 0 aliphatic carbocycles. The number of nitriles is 1. The van der Waals surface area contributed by atoms with Crippen LogP contribution in [0.1, 0.15) is 45.4 Å². The normalized spacial score (nSPS) is 31.7. The smallest absolute Gasteiger partial charge is 0.303 e. The molecule has 7 heteroatoms. The van der Waals surface area contributed by atoms with Gasteiger partial charge in [0.2, 0.25) is 10.0 Å². The summed E-state index contributed by atoms with van der Waals surface area (Å²) >= 11 is 0. The van der Waals surface area contributed by atoms with E-state index in [2.05, 4.69) is 0 Å². The number of hydrogen-bond acceptors (Lipinski definition) is 4. The maximum Gasteiger partial charge on any atom is 0.303 e. The van der Waals surface area contributed by atoms with Crippen LogP contribution in [0.3, 0.4) is 0 Å². The molecule has 20 heavy (non-hydrogen) atoms. The summed E-state index contributed by atoms with van der Waals surface area (Å²) in [6.07, 6.45) is 3.15. The van der Waals surface area contributed by atoms with Crippen LogP contribution in [0.4, 0.5) is 0 Å². The molecular weight excluding hydrogens is 280 g/mol. The molecular formula is C13H20N2O4S. The number of hydrogen-bond donors (Lipinski definition) is 1. The zero-order valence-electron chi connectivity index (χ0n) is 11.5. The average molecular weight is 300 g/mol. The maximum atomic E-state index is 12.5. The monoisotopic (exact) mass is 300 g/mol. The third-order valence-electron chi connectivity index (χ3n) is 4.40. The lowest BCUT2D eigenvalue weighted by Gasteiger charge is -2.38. The van der Waals surface area contributed by atoms with E-state index in [-0.39, 0.29) is 30.8 Å². The summed E-state index contributed by atoms with van der Waals surface area (Å²) in [5.74, 6) is -0.771. The van der Waals surface area contributed by atoms with Gasteiger partial charge in [-0.05, 0) is 38.0 Å². The highest BCUT2D eigenvalue weighted by atomic mass is 32.2. The van der Waals surface area contributed by atoms with Crippen LogP contribution in [0.5, 0.6) is 0 Å². The van der Waals surface area contributed by atoms with Crippen molar-refractivity contribution in [3.63, 3.8) is 0 Å². The van der Waals surface area contributed by atoms with Gasteiger partial charge in [-0.15, -0.1) is 0 Å². The Morgan fingerprint density at radius 2 is 1.95 bits per heavy atom. The first-order chi connectivity index (χ1) is 9.40. The molecule has 6 nitrogen and oxygen atoms in total. The molecule has 0 aromatic carbocycles. The van der Waals surface area contributed by atoms with Crippen LogP contribution in [-0.4, -0.2) is 41.1 Å². The van der Waals surface area contributed by atoms with Crippen molar-refractivity contribution in [2.24, 2.45) is 5.92 Å². The van der Waals surface area contributed by atoms with E-state index in [0.717, 1.165) is 12.8 Å². The lowest BCUT2D eigenvalue weighted by atomic mass is 9.90. The summed E-state index contributed by atoms with van der Waals surface area (Å²) in [5, 5.41) is 16.9. The third kappa shape index (κ3) is 2.67. The Balaban J connectivity index is 2.17. The third-order valence-corrected chi connectivity index (χ3v) is 6.74. The van der Waals surface area contributed by atoms with Gasteiger partial charge in [0.1, 0.15) is 0 Å². The summed E-state index contributed by atoms with van der Waals surface area (Å²) in [5.41, 5.74) is 0. The van der Waals surface area contributed by atoms with Gasteiger partial charge < -0.3 is 5.11 Å². The van der Waals surface area contributed by atoms with Crippen LogP contribution >= 0.6 is 0 Å². The van der Waals surface area contributed by atoms with Crippen molar-refractivity contribution in [2.45, 2.75) is 62.8 Å². The largest absolute Gasteiger partial charge is 0.481 e. The van der Waals surface area contributed by atoms with Gasteiger partial charge in [-0.2, -0.15) is 9.57 Å². The fourth-order valence-electron chi connectivity index (χ4n) is 3.59. The van der Waals surface area contributed by atoms with E-state index < -0.39 is 21.2 Å². The topological polar surface area (TPSA) is 98.5 Å². The van der Waals surface area contributed by atoms with Crippen molar-refractivity contribution in [1.82, 2.24) is 4.31 Å². The number of aliphatic carboxylic acids is 1. The quantitative estimate of drug-likeness (QED) is 0.826. The minimum absolute atomic E-state index is 0.0543. The number of carboxylic acids is 1. The van der Waals surface area contributed by atoms with Crippen LogP contribution in [0.25, 0.3) is 0 Å². The van der Waals surface area contributed by atoms with Crippen molar-refractivity contribution in [3.8, 4) is 6.07 Å². The molecule has 2 heterocycles. The number of carbonyl (C=O) groups is 1. The second kappa shape index (κ2) is 5.70. The Bertz CT molecular complexity index is 511. The molecule has 0 amide bonds. The van der Waals surface area contributed by atoms with Gasteiger partial charge in [0.05, 0.1) is 6.07 Å². The van der Waals surface area contributed by atoms with Crippen molar-refractivity contribution < 1.29 is 18.3 Å². The van der Waals surface area contributed by atoms with E-state index in [1.165, 1.54) is 4.31 Å². The van der Waals surface area contributed by atoms with Gasteiger partial charge in [-0.3, -0.25) is 4.79 Å². The zero-order chi connectivity index (χ0) is 14.9. The van der Waals surface area contributed by atoms with Crippen LogP contribution in [0.2, 0.25) is 0 Å². The Morgan fingerprint density at radius 3 is 2.35 bits per heavy atom. The number of fused-ring (bicyclic) bond motifs is 2. The molecule has 2 bridgehead atoms. The highest BCUT2D eigenvalue weighted by Gasteiger charge is 2.48. The summed E-state index contributed by atoms with van der Waals surface area (Å²) in [6.45, 7) is 1.70. The van der Waals surface area contributed by atoms with E-state index in [0.29, 0.717) is 12.8 Å². The predicted molar refractivity (Wildman–Crippen MR) is 72.2 cm³/mol. The minimum atomic E-state index is -3.59. The van der Waals surface area contributed by atoms with Gasteiger partial charge in [0.15, 0.2) is 5.25 Å². The average Bonchev–Trinajstić information content (AvgIpc) is 2.63. The predicted octanol–water partition coefficient (Wildman–Crippen LogP) is 1.34. The molecule has 0 saturated carbocycles. The van der Waals surface area contributed by atoms with Gasteiger partial charge in [-0.25, -0.2) is 8.42 Å². The van der Waals surface area contributed by atoms with E-state index >= 15 is 0 Å². The molecule has 0 spiro atoms. The van der Waals surface area contributed by atoms with Crippen molar-refractivity contribution in [2.75, 3.05) is 0 Å². The summed E-state index contributed by atoms with van der Waals surface area (Å²) < 4.78 is 26.6. The summed E-state index contributed by atoms with van der Waals surface area (Å²) in [6, 6.07) is 1.64. The Kier molecular flexibility index (Phi) is 4.35. The van der Waals surface area contributed by atoms with Gasteiger partial charge >= 0.3 is 5.97 Å². The standard InChI is InChI=1S/C13H20N2O4S/c1-2-12(8-14)20(18,19)15-10-3-4-11(15)6-9(5-10)7-13(16)17/h9-12H,2-7H2,1H3,(H,16,17). The molecule has 3 atom stereocenters. The number of carboxylic acid groups (broad SMARTS) is 1. The summed E-state index contributed by atoms with van der Waals surface area (Å²) in [7, 11) is -3.59. The maximum absolute atomic E-state index is 12.5. The molecule has 112 valence electrons. The number of rotatable bonds is 5.